The molecule has 0 unspecified atom stereocenters. The molecule has 0 aromatic heterocycles. The molecule has 0 radical (unpaired) electrons. The van der Waals surface area contributed by atoms with Crippen molar-refractivity contribution in [1.29, 1.82) is 0 Å². The monoisotopic (exact) mass is 596 g/mol. The van der Waals surface area contributed by atoms with Crippen LogP contribution in [0.3, 0.4) is 0 Å². The van der Waals surface area contributed by atoms with Crippen LogP contribution in [0.5, 0.6) is 23.0 Å². The number of nitrogens with zero attached hydrogens (tertiary/aromatic N) is 2. The van der Waals surface area contributed by atoms with Crippen LogP contribution in [0.25, 0.3) is 0 Å². The van der Waals surface area contributed by atoms with E-state index in [1.165, 1.54) is 27.8 Å². The zero-order chi connectivity index (χ0) is 30.1. The minimum atomic E-state index is -0.154. The zero-order valence-corrected chi connectivity index (χ0v) is 25.8. The van der Waals surface area contributed by atoms with Gasteiger partial charge < -0.3 is 34.1 Å². The first kappa shape index (κ1) is 26.8. The zero-order valence-electron chi connectivity index (χ0n) is 25.8. The summed E-state index contributed by atoms with van der Waals surface area (Å²) in [6.45, 7) is 2.11. The predicted molar refractivity (Wildman–Crippen MR) is 164 cm³/mol. The van der Waals surface area contributed by atoms with Crippen LogP contribution in [0.4, 0.5) is 0 Å². The molecule has 4 aliphatic carbocycles. The number of phenols is 2. The molecule has 0 amide bonds. The molecule has 2 aromatic carbocycles. The summed E-state index contributed by atoms with van der Waals surface area (Å²) in [6, 6.07) is 8.68. The first-order chi connectivity index (χ1) is 21.3. The Bertz CT molecular complexity index is 1700. The Balaban J connectivity index is 0.000000123. The van der Waals surface area contributed by atoms with Crippen molar-refractivity contribution >= 4 is 0 Å². The van der Waals surface area contributed by atoms with Gasteiger partial charge in [-0.25, -0.2) is 0 Å². The number of likely N-dealkylation sites (tertiary alicyclic amines) is 2. The molecule has 2 N–H and O–H groups in total. The van der Waals surface area contributed by atoms with Gasteiger partial charge in [-0.1, -0.05) is 18.2 Å². The smallest absolute Gasteiger partial charge is 0.169 e. The van der Waals surface area contributed by atoms with E-state index in [0.29, 0.717) is 29.5 Å². The Hall–Kier alpha value is -3.62. The van der Waals surface area contributed by atoms with Gasteiger partial charge in [0.2, 0.25) is 0 Å². The highest BCUT2D eigenvalue weighted by Gasteiger charge is 2.65. The summed E-state index contributed by atoms with van der Waals surface area (Å²) in [5.74, 6) is 4.23. The topological polar surface area (TPSA) is 83.9 Å². The molecule has 2 spiro atoms. The van der Waals surface area contributed by atoms with Gasteiger partial charge in [-0.05, 0) is 106 Å². The average molecular weight is 597 g/mol. The van der Waals surface area contributed by atoms with E-state index in [1.807, 2.05) is 6.08 Å². The van der Waals surface area contributed by atoms with Crippen LogP contribution in [0.1, 0.15) is 41.5 Å². The number of rotatable bonds is 2. The second kappa shape index (κ2) is 8.98. The second-order valence-corrected chi connectivity index (χ2v) is 13.9. The molecule has 8 nitrogen and oxygen atoms in total. The minimum absolute atomic E-state index is 0.0150. The van der Waals surface area contributed by atoms with Gasteiger partial charge in [-0.2, -0.15) is 0 Å². The molecule has 8 aliphatic rings. The van der Waals surface area contributed by atoms with E-state index in [0.717, 1.165) is 56.7 Å². The van der Waals surface area contributed by atoms with E-state index in [-0.39, 0.29) is 34.5 Å². The van der Waals surface area contributed by atoms with E-state index in [1.54, 1.807) is 26.4 Å². The Morgan fingerprint density at radius 1 is 0.795 bits per heavy atom. The number of piperidine rings is 2. The van der Waals surface area contributed by atoms with Crippen LogP contribution >= 0.6 is 0 Å². The quantitative estimate of drug-likeness (QED) is 0.531. The van der Waals surface area contributed by atoms with Crippen molar-refractivity contribution in [2.75, 3.05) is 41.4 Å². The molecular formula is C36H40N2O6. The lowest BCUT2D eigenvalue weighted by atomic mass is 9.53. The fourth-order valence-corrected chi connectivity index (χ4v) is 10.5. The number of ether oxygens (including phenoxy) is 4. The first-order valence-corrected chi connectivity index (χ1v) is 16.0. The molecule has 2 fully saturated rings. The van der Waals surface area contributed by atoms with Crippen LogP contribution < -0.4 is 9.47 Å². The number of aromatic hydroxyl groups is 2. The normalized spacial score (nSPS) is 36.3. The molecule has 0 saturated carbocycles. The fraction of sp³-hybridized carbons (Fsp3) is 0.500. The Morgan fingerprint density at radius 3 is 2.23 bits per heavy atom. The maximum absolute atomic E-state index is 10.3. The molecule has 2 saturated heterocycles. The average Bonchev–Trinajstić information content (AvgIpc) is 3.57. The summed E-state index contributed by atoms with van der Waals surface area (Å²) in [5, 5.41) is 20.6. The SMILES string of the molecule is COC1=CC=C2[C@H]3Cc4ccc(O)c5c4[C@@]2(CCN3C)[C@H]1O5.COC1=CC[C@H]2[C@H]3Cc4ccc(O)c5c4[C@@]2(CCN3C)[C@H]1O5. The number of hydrogen-bond acceptors (Lipinski definition) is 8. The predicted octanol–water partition coefficient (Wildman–Crippen LogP) is 4.32. The lowest BCUT2D eigenvalue weighted by Crippen LogP contribution is -2.63. The molecule has 2 aromatic rings. The Kier molecular flexibility index (Phi) is 5.46. The highest BCUT2D eigenvalue weighted by Crippen LogP contribution is 2.64. The minimum Gasteiger partial charge on any atom is -0.504 e. The molecule has 4 aliphatic heterocycles. The largest absolute Gasteiger partial charge is 0.504 e. The third kappa shape index (κ3) is 3.06. The van der Waals surface area contributed by atoms with E-state index in [4.69, 9.17) is 18.9 Å². The van der Waals surface area contributed by atoms with Gasteiger partial charge in [0.15, 0.2) is 35.2 Å². The number of methoxy groups -OCH3 is 2. The maximum Gasteiger partial charge on any atom is 0.169 e. The summed E-state index contributed by atoms with van der Waals surface area (Å²) in [6.07, 6.45) is 11.4. The van der Waals surface area contributed by atoms with Crippen LogP contribution in [0.2, 0.25) is 0 Å². The fourth-order valence-electron chi connectivity index (χ4n) is 10.5. The molecule has 7 atom stereocenters. The van der Waals surface area contributed by atoms with Crippen LogP contribution in [-0.4, -0.2) is 85.7 Å². The second-order valence-electron chi connectivity index (χ2n) is 13.9. The van der Waals surface area contributed by atoms with Crippen molar-refractivity contribution in [3.8, 4) is 23.0 Å². The molecule has 230 valence electrons. The first-order valence-electron chi connectivity index (χ1n) is 16.0. The van der Waals surface area contributed by atoms with Crippen LogP contribution in [-0.2, 0) is 33.1 Å². The van der Waals surface area contributed by atoms with Gasteiger partial charge in [0.25, 0.3) is 0 Å². The highest BCUT2D eigenvalue weighted by atomic mass is 16.5. The van der Waals surface area contributed by atoms with Gasteiger partial charge in [0.05, 0.1) is 19.6 Å². The molecule has 4 bridgehead atoms. The maximum atomic E-state index is 10.3. The van der Waals surface area contributed by atoms with Gasteiger partial charge in [0, 0.05) is 28.6 Å². The van der Waals surface area contributed by atoms with Crippen molar-refractivity contribution in [3.63, 3.8) is 0 Å². The molecule has 8 heteroatoms. The summed E-state index contributed by atoms with van der Waals surface area (Å²) < 4.78 is 23.8. The van der Waals surface area contributed by atoms with Crippen LogP contribution in [0.15, 0.2) is 59.6 Å². The Morgan fingerprint density at radius 2 is 1.48 bits per heavy atom. The number of hydrogen-bond donors (Lipinski definition) is 2. The molecule has 10 rings (SSSR count). The van der Waals surface area contributed by atoms with Crippen molar-refractivity contribution in [2.45, 2.75) is 67.2 Å². The number of phenolic OH excluding ortho intramolecular Hbond substituents is 2. The number of benzene rings is 2. The third-order valence-corrected chi connectivity index (χ3v) is 12.4. The summed E-state index contributed by atoms with van der Waals surface area (Å²) in [5.41, 5.74) is 6.38. The highest BCUT2D eigenvalue weighted by molar-refractivity contribution is 5.67. The van der Waals surface area contributed by atoms with Crippen LogP contribution in [0, 0.1) is 5.92 Å². The summed E-state index contributed by atoms with van der Waals surface area (Å²) >= 11 is 0. The summed E-state index contributed by atoms with van der Waals surface area (Å²) in [4.78, 5) is 4.94. The van der Waals surface area contributed by atoms with E-state index >= 15 is 0 Å². The van der Waals surface area contributed by atoms with Crippen molar-refractivity contribution < 1.29 is 29.2 Å². The Labute approximate surface area is 258 Å². The standard InChI is InChI=1S/C18H21NO3.C18H19NO3/c2*1-19-8-7-18-11-4-6-14(21-2)17(18)22-16-13(20)5-3-10(15(16)18)9-12(11)19/h3,5-6,11-12,17,20H,4,7-9H2,1-2H3;3-6,12,17,20H,7-9H2,1-2H3/t11-,12+,17-,18-;12-,17+,18+/m01/s1. The van der Waals surface area contributed by atoms with E-state index in [2.05, 4.69) is 48.2 Å². The van der Waals surface area contributed by atoms with E-state index < -0.39 is 0 Å². The van der Waals surface area contributed by atoms with Crippen molar-refractivity contribution in [1.82, 2.24) is 9.80 Å². The lowest BCUT2D eigenvalue weighted by Gasteiger charge is -2.56. The molecular weight excluding hydrogens is 556 g/mol. The van der Waals surface area contributed by atoms with Crippen molar-refractivity contribution in [2.24, 2.45) is 5.92 Å². The van der Waals surface area contributed by atoms with Gasteiger partial charge >= 0.3 is 0 Å². The summed E-state index contributed by atoms with van der Waals surface area (Å²) in [7, 11) is 7.87. The van der Waals surface area contributed by atoms with Gasteiger partial charge in [0.1, 0.15) is 11.5 Å². The van der Waals surface area contributed by atoms with Gasteiger partial charge in [-0.15, -0.1) is 0 Å². The van der Waals surface area contributed by atoms with Crippen molar-refractivity contribution in [3.05, 3.63) is 81.8 Å². The van der Waals surface area contributed by atoms with Gasteiger partial charge in [-0.3, -0.25) is 4.90 Å². The number of allylic oxidation sites excluding steroid dienone is 3. The third-order valence-electron chi connectivity index (χ3n) is 12.4. The lowest BCUT2D eigenvalue weighted by molar-refractivity contribution is -0.0267. The number of likely N-dealkylation sites (N-methyl/N-ethyl adjacent to an activating group) is 2. The molecule has 4 heterocycles. The molecule has 44 heavy (non-hydrogen) atoms. The van der Waals surface area contributed by atoms with E-state index in [9.17, 15) is 10.2 Å².